The lowest BCUT2D eigenvalue weighted by Crippen LogP contribution is -2.45. The van der Waals surface area contributed by atoms with E-state index in [1.165, 1.54) is 16.7 Å². The van der Waals surface area contributed by atoms with Crippen LogP contribution in [0.4, 0.5) is 0 Å². The number of fused-ring (bicyclic) bond motifs is 2. The number of nitrogens with zero attached hydrogens (tertiary/aromatic N) is 1. The first-order valence-electron chi connectivity index (χ1n) is 9.34. The van der Waals surface area contributed by atoms with E-state index < -0.39 is 0 Å². The third-order valence-electron chi connectivity index (χ3n) is 5.69. The Balaban J connectivity index is 1.53. The zero-order valence-corrected chi connectivity index (χ0v) is 15.0. The Bertz CT molecular complexity index is 692. The molecular formula is C22H27NO2. The van der Waals surface area contributed by atoms with E-state index in [4.69, 9.17) is 9.47 Å². The van der Waals surface area contributed by atoms with Gasteiger partial charge in [-0.1, -0.05) is 54.6 Å². The zero-order valence-electron chi connectivity index (χ0n) is 15.0. The minimum atomic E-state index is -0.193. The van der Waals surface area contributed by atoms with E-state index in [2.05, 4.69) is 59.5 Å². The molecule has 0 radical (unpaired) electrons. The van der Waals surface area contributed by atoms with E-state index in [-0.39, 0.29) is 11.9 Å². The van der Waals surface area contributed by atoms with E-state index in [0.29, 0.717) is 0 Å². The number of ether oxygens (including phenoxy) is 2. The molecule has 0 aliphatic carbocycles. The first kappa shape index (κ1) is 16.8. The smallest absolute Gasteiger partial charge is 0.158 e. The summed E-state index contributed by atoms with van der Waals surface area (Å²) in [5.74, 6) is 0. The fourth-order valence-electron chi connectivity index (χ4n) is 4.30. The molecule has 0 saturated carbocycles. The molecule has 2 aliphatic heterocycles. The Hall–Kier alpha value is -1.68. The fraction of sp³-hybridized carbons (Fsp3) is 0.455. The van der Waals surface area contributed by atoms with Crippen LogP contribution in [-0.4, -0.2) is 31.4 Å². The summed E-state index contributed by atoms with van der Waals surface area (Å²) in [4.78, 5) is 2.54. The van der Waals surface area contributed by atoms with Gasteiger partial charge in [-0.2, -0.15) is 0 Å². The summed E-state index contributed by atoms with van der Waals surface area (Å²) >= 11 is 0. The predicted molar refractivity (Wildman–Crippen MR) is 99.3 cm³/mol. The maximum Gasteiger partial charge on any atom is 0.158 e. The number of piperidine rings is 1. The van der Waals surface area contributed by atoms with Crippen LogP contribution in [0.3, 0.4) is 0 Å². The lowest BCUT2D eigenvalue weighted by Gasteiger charge is -2.43. The topological polar surface area (TPSA) is 21.7 Å². The standard InChI is InChI=1S/C22H27NO2/c1-24-21-12-11-19-9-5-6-10-20(19)22(25-21)13-15-23(16-14-22)17-18-7-3-2-4-8-18/h2-10,21H,11-17H2,1H3. The minimum absolute atomic E-state index is 0.104. The van der Waals surface area contributed by atoms with E-state index in [1.54, 1.807) is 7.11 Å². The summed E-state index contributed by atoms with van der Waals surface area (Å²) in [7, 11) is 1.76. The van der Waals surface area contributed by atoms with Crippen molar-refractivity contribution in [2.75, 3.05) is 20.2 Å². The third-order valence-corrected chi connectivity index (χ3v) is 5.69. The minimum Gasteiger partial charge on any atom is -0.356 e. The molecule has 2 aromatic rings. The molecule has 0 aromatic heterocycles. The van der Waals surface area contributed by atoms with Gasteiger partial charge in [-0.05, 0) is 36.0 Å². The van der Waals surface area contributed by atoms with Gasteiger partial charge >= 0.3 is 0 Å². The SMILES string of the molecule is COC1CCc2ccccc2C2(CCN(Cc3ccccc3)CC2)O1. The second-order valence-corrected chi connectivity index (χ2v) is 7.23. The molecular weight excluding hydrogens is 310 g/mol. The van der Waals surface area contributed by atoms with Crippen LogP contribution in [0, 0.1) is 0 Å². The lowest BCUT2D eigenvalue weighted by atomic mass is 9.81. The van der Waals surface area contributed by atoms with Crippen LogP contribution in [0.15, 0.2) is 54.6 Å². The molecule has 1 atom stereocenters. The number of aryl methyl sites for hydroxylation is 1. The highest BCUT2D eigenvalue weighted by Gasteiger charge is 2.42. The number of benzene rings is 2. The Morgan fingerprint density at radius 2 is 1.76 bits per heavy atom. The van der Waals surface area contributed by atoms with Crippen LogP contribution in [0.25, 0.3) is 0 Å². The first-order valence-corrected chi connectivity index (χ1v) is 9.34. The number of hydrogen-bond acceptors (Lipinski definition) is 3. The van der Waals surface area contributed by atoms with Crippen molar-refractivity contribution < 1.29 is 9.47 Å². The van der Waals surface area contributed by atoms with Crippen molar-refractivity contribution in [1.82, 2.24) is 4.90 Å². The van der Waals surface area contributed by atoms with Crippen molar-refractivity contribution >= 4 is 0 Å². The Morgan fingerprint density at radius 3 is 2.52 bits per heavy atom. The molecule has 2 heterocycles. The number of methoxy groups -OCH3 is 1. The Labute approximate surface area is 150 Å². The predicted octanol–water partition coefficient (Wildman–Crippen LogP) is 4.11. The van der Waals surface area contributed by atoms with Crippen molar-refractivity contribution in [2.24, 2.45) is 0 Å². The molecule has 0 bridgehead atoms. The van der Waals surface area contributed by atoms with Crippen molar-refractivity contribution in [3.8, 4) is 0 Å². The van der Waals surface area contributed by atoms with Crippen LogP contribution < -0.4 is 0 Å². The van der Waals surface area contributed by atoms with Gasteiger partial charge in [-0.25, -0.2) is 0 Å². The molecule has 132 valence electrons. The van der Waals surface area contributed by atoms with Gasteiger partial charge in [0.05, 0.1) is 5.60 Å². The van der Waals surface area contributed by atoms with Crippen molar-refractivity contribution in [2.45, 2.75) is 44.1 Å². The van der Waals surface area contributed by atoms with Gasteiger partial charge in [-0.15, -0.1) is 0 Å². The van der Waals surface area contributed by atoms with E-state index >= 15 is 0 Å². The molecule has 2 aliphatic rings. The largest absolute Gasteiger partial charge is 0.356 e. The molecule has 25 heavy (non-hydrogen) atoms. The molecule has 0 amide bonds. The van der Waals surface area contributed by atoms with Gasteiger partial charge in [0.15, 0.2) is 6.29 Å². The molecule has 3 heteroatoms. The van der Waals surface area contributed by atoms with E-state index in [9.17, 15) is 0 Å². The number of hydrogen-bond donors (Lipinski definition) is 0. The quantitative estimate of drug-likeness (QED) is 0.841. The van der Waals surface area contributed by atoms with Gasteiger partial charge in [0.1, 0.15) is 0 Å². The van der Waals surface area contributed by atoms with Crippen molar-refractivity contribution in [3.05, 3.63) is 71.3 Å². The molecule has 3 nitrogen and oxygen atoms in total. The van der Waals surface area contributed by atoms with Gasteiger partial charge in [0.25, 0.3) is 0 Å². The first-order chi connectivity index (χ1) is 12.3. The fourth-order valence-corrected chi connectivity index (χ4v) is 4.30. The summed E-state index contributed by atoms with van der Waals surface area (Å²) in [6.07, 6.45) is 3.91. The summed E-state index contributed by atoms with van der Waals surface area (Å²) < 4.78 is 12.2. The van der Waals surface area contributed by atoms with Gasteiger partial charge in [0.2, 0.25) is 0 Å². The molecule has 0 N–H and O–H groups in total. The second kappa shape index (κ2) is 7.28. The van der Waals surface area contributed by atoms with Crippen LogP contribution in [0.1, 0.15) is 36.0 Å². The summed E-state index contributed by atoms with van der Waals surface area (Å²) in [5, 5.41) is 0. The van der Waals surface area contributed by atoms with E-state index in [0.717, 1.165) is 45.3 Å². The van der Waals surface area contributed by atoms with Gasteiger partial charge < -0.3 is 9.47 Å². The highest BCUT2D eigenvalue weighted by atomic mass is 16.7. The Kier molecular flexibility index (Phi) is 4.89. The highest BCUT2D eigenvalue weighted by Crippen LogP contribution is 2.42. The van der Waals surface area contributed by atoms with E-state index in [1.807, 2.05) is 0 Å². The van der Waals surface area contributed by atoms with Crippen LogP contribution >= 0.6 is 0 Å². The molecule has 1 unspecified atom stereocenters. The van der Waals surface area contributed by atoms with Crippen LogP contribution in [0.5, 0.6) is 0 Å². The Morgan fingerprint density at radius 1 is 1.04 bits per heavy atom. The maximum atomic E-state index is 6.57. The molecule has 1 spiro atoms. The molecule has 1 saturated heterocycles. The average Bonchev–Trinajstić information content (AvgIpc) is 2.82. The normalized spacial score (nSPS) is 23.2. The van der Waals surface area contributed by atoms with Crippen molar-refractivity contribution in [3.63, 3.8) is 0 Å². The highest BCUT2D eigenvalue weighted by molar-refractivity contribution is 5.34. The van der Waals surface area contributed by atoms with Crippen LogP contribution in [-0.2, 0) is 28.0 Å². The van der Waals surface area contributed by atoms with Gasteiger partial charge in [-0.3, -0.25) is 4.90 Å². The van der Waals surface area contributed by atoms with Gasteiger partial charge in [0, 0.05) is 33.2 Å². The third kappa shape index (κ3) is 3.50. The molecule has 1 fully saturated rings. The zero-order chi connectivity index (χ0) is 17.1. The maximum absolute atomic E-state index is 6.57. The number of likely N-dealkylation sites (tertiary alicyclic amines) is 1. The second-order valence-electron chi connectivity index (χ2n) is 7.23. The number of rotatable bonds is 3. The molecule has 2 aromatic carbocycles. The van der Waals surface area contributed by atoms with Crippen molar-refractivity contribution in [1.29, 1.82) is 0 Å². The van der Waals surface area contributed by atoms with Crippen LogP contribution in [0.2, 0.25) is 0 Å². The summed E-state index contributed by atoms with van der Waals surface area (Å²) in [6.45, 7) is 3.13. The average molecular weight is 337 g/mol. The molecule has 4 rings (SSSR count). The summed E-state index contributed by atoms with van der Waals surface area (Å²) in [6, 6.07) is 19.6. The lowest BCUT2D eigenvalue weighted by molar-refractivity contribution is -0.217. The summed E-state index contributed by atoms with van der Waals surface area (Å²) in [5.41, 5.74) is 4.00. The monoisotopic (exact) mass is 337 g/mol.